The van der Waals surface area contributed by atoms with E-state index < -0.39 is 5.97 Å². The molecule has 0 aliphatic carbocycles. The zero-order chi connectivity index (χ0) is 9.68. The summed E-state index contributed by atoms with van der Waals surface area (Å²) in [5, 5.41) is 8.34. The van der Waals surface area contributed by atoms with Gasteiger partial charge in [-0.1, -0.05) is 12.0 Å². The maximum Gasteiger partial charge on any atom is 0.315 e. The lowest BCUT2D eigenvalue weighted by Crippen LogP contribution is -1.91. The molecular weight excluding hydrogens is 166 g/mol. The van der Waals surface area contributed by atoms with E-state index in [2.05, 4.69) is 16.8 Å². The fourth-order valence-electron chi connectivity index (χ4n) is 0.820. The fourth-order valence-corrected chi connectivity index (χ4v) is 0.820. The third-order valence-electron chi connectivity index (χ3n) is 1.46. The molecule has 0 saturated carbocycles. The summed E-state index contributed by atoms with van der Waals surface area (Å²) >= 11 is 0. The molecule has 0 bridgehead atoms. The highest BCUT2D eigenvalue weighted by molar-refractivity contribution is 5.70. The molecular formula is C10H9NO2. The Bertz CT molecular complexity index is 374. The van der Waals surface area contributed by atoms with Crippen molar-refractivity contribution in [3.63, 3.8) is 0 Å². The maximum atomic E-state index is 10.2. The molecule has 1 N–H and O–H groups in total. The SMILES string of the molecule is Cc1cccnc1C#CCC(=O)O. The number of hydrogen-bond acceptors (Lipinski definition) is 2. The van der Waals surface area contributed by atoms with Crippen LogP contribution in [0.5, 0.6) is 0 Å². The van der Waals surface area contributed by atoms with Crippen LogP contribution in [0, 0.1) is 18.8 Å². The second-order valence-corrected chi connectivity index (χ2v) is 2.54. The molecule has 0 aromatic carbocycles. The minimum absolute atomic E-state index is 0.143. The van der Waals surface area contributed by atoms with Gasteiger partial charge in [-0.15, -0.1) is 0 Å². The molecule has 0 amide bonds. The van der Waals surface area contributed by atoms with Crippen LogP contribution in [-0.4, -0.2) is 16.1 Å². The average Bonchev–Trinajstić information content (AvgIpc) is 2.08. The van der Waals surface area contributed by atoms with Crippen LogP contribution in [0.15, 0.2) is 18.3 Å². The summed E-state index contributed by atoms with van der Waals surface area (Å²) < 4.78 is 0. The highest BCUT2D eigenvalue weighted by Crippen LogP contribution is 2.00. The van der Waals surface area contributed by atoms with Crippen molar-refractivity contribution in [2.45, 2.75) is 13.3 Å². The highest BCUT2D eigenvalue weighted by atomic mass is 16.4. The molecule has 0 atom stereocenters. The number of aromatic nitrogens is 1. The Morgan fingerprint density at radius 3 is 3.08 bits per heavy atom. The number of carbonyl (C=O) groups is 1. The van der Waals surface area contributed by atoms with Gasteiger partial charge in [-0.2, -0.15) is 0 Å². The standard InChI is InChI=1S/C10H9NO2/c1-8-4-3-7-11-9(8)5-2-6-10(12)13/h3-4,7H,6H2,1H3,(H,12,13). The lowest BCUT2D eigenvalue weighted by molar-refractivity contribution is -0.135. The fraction of sp³-hybridized carbons (Fsp3) is 0.200. The van der Waals surface area contributed by atoms with Crippen LogP contribution in [-0.2, 0) is 4.79 Å². The number of aryl methyl sites for hydroxylation is 1. The van der Waals surface area contributed by atoms with E-state index in [1.54, 1.807) is 6.20 Å². The number of nitrogens with zero attached hydrogens (tertiary/aromatic N) is 1. The Hall–Kier alpha value is -1.82. The number of carboxylic acids is 1. The Balaban J connectivity index is 2.77. The maximum absolute atomic E-state index is 10.2. The zero-order valence-electron chi connectivity index (χ0n) is 7.24. The van der Waals surface area contributed by atoms with Crippen LogP contribution in [0.25, 0.3) is 0 Å². The molecule has 0 radical (unpaired) electrons. The first-order chi connectivity index (χ1) is 6.20. The monoisotopic (exact) mass is 175 g/mol. The van der Waals surface area contributed by atoms with Crippen molar-refractivity contribution in [1.82, 2.24) is 4.98 Å². The van der Waals surface area contributed by atoms with Crippen LogP contribution in [0.4, 0.5) is 0 Å². The first-order valence-electron chi connectivity index (χ1n) is 3.82. The average molecular weight is 175 g/mol. The number of pyridine rings is 1. The zero-order valence-corrected chi connectivity index (χ0v) is 7.24. The van der Waals surface area contributed by atoms with Gasteiger partial charge >= 0.3 is 5.97 Å². The molecule has 1 rings (SSSR count). The van der Waals surface area contributed by atoms with E-state index >= 15 is 0 Å². The van der Waals surface area contributed by atoms with Crippen molar-refractivity contribution < 1.29 is 9.90 Å². The molecule has 0 aliphatic rings. The first kappa shape index (κ1) is 9.27. The van der Waals surface area contributed by atoms with Gasteiger partial charge in [-0.05, 0) is 24.5 Å². The van der Waals surface area contributed by atoms with E-state index in [0.29, 0.717) is 5.69 Å². The normalized spacial score (nSPS) is 8.69. The van der Waals surface area contributed by atoms with Crippen LogP contribution < -0.4 is 0 Å². The number of aliphatic carboxylic acids is 1. The van der Waals surface area contributed by atoms with Gasteiger partial charge in [0.25, 0.3) is 0 Å². The van der Waals surface area contributed by atoms with Gasteiger partial charge < -0.3 is 5.11 Å². The van der Waals surface area contributed by atoms with Crippen molar-refractivity contribution in [2.24, 2.45) is 0 Å². The highest BCUT2D eigenvalue weighted by Gasteiger charge is 1.93. The van der Waals surface area contributed by atoms with Crippen LogP contribution in [0.2, 0.25) is 0 Å². The first-order valence-corrected chi connectivity index (χ1v) is 3.82. The van der Waals surface area contributed by atoms with Crippen molar-refractivity contribution in [3.8, 4) is 11.8 Å². The minimum atomic E-state index is -0.916. The third-order valence-corrected chi connectivity index (χ3v) is 1.46. The van der Waals surface area contributed by atoms with E-state index in [-0.39, 0.29) is 6.42 Å². The van der Waals surface area contributed by atoms with Crippen molar-refractivity contribution in [1.29, 1.82) is 0 Å². The largest absolute Gasteiger partial charge is 0.481 e. The van der Waals surface area contributed by atoms with E-state index in [4.69, 9.17) is 5.11 Å². The molecule has 1 aromatic heterocycles. The summed E-state index contributed by atoms with van der Waals surface area (Å²) in [6.07, 6.45) is 1.49. The molecule has 0 fully saturated rings. The van der Waals surface area contributed by atoms with Gasteiger partial charge in [-0.25, -0.2) is 4.98 Å². The van der Waals surface area contributed by atoms with Crippen LogP contribution in [0.3, 0.4) is 0 Å². The predicted molar refractivity (Wildman–Crippen MR) is 48.1 cm³/mol. The van der Waals surface area contributed by atoms with Crippen molar-refractivity contribution in [3.05, 3.63) is 29.6 Å². The lowest BCUT2D eigenvalue weighted by atomic mass is 10.2. The van der Waals surface area contributed by atoms with E-state index in [9.17, 15) is 4.79 Å². The Kier molecular flexibility index (Phi) is 3.04. The quantitative estimate of drug-likeness (QED) is 0.653. The molecule has 0 aliphatic heterocycles. The second-order valence-electron chi connectivity index (χ2n) is 2.54. The molecule has 0 saturated heterocycles. The van der Waals surface area contributed by atoms with Gasteiger partial charge in [-0.3, -0.25) is 4.79 Å². The molecule has 1 aromatic rings. The van der Waals surface area contributed by atoms with Crippen molar-refractivity contribution in [2.75, 3.05) is 0 Å². The Morgan fingerprint density at radius 1 is 1.69 bits per heavy atom. The molecule has 66 valence electrons. The van der Waals surface area contributed by atoms with E-state index in [0.717, 1.165) is 5.56 Å². The van der Waals surface area contributed by atoms with Gasteiger partial charge in [0.05, 0.1) is 0 Å². The Labute approximate surface area is 76.4 Å². The number of rotatable bonds is 1. The second kappa shape index (κ2) is 4.27. The van der Waals surface area contributed by atoms with Crippen LogP contribution >= 0.6 is 0 Å². The smallest absolute Gasteiger partial charge is 0.315 e. The molecule has 0 spiro atoms. The minimum Gasteiger partial charge on any atom is -0.481 e. The Morgan fingerprint density at radius 2 is 2.46 bits per heavy atom. The van der Waals surface area contributed by atoms with Crippen LogP contribution in [0.1, 0.15) is 17.7 Å². The van der Waals surface area contributed by atoms with Gasteiger partial charge in [0.2, 0.25) is 0 Å². The summed E-state index contributed by atoms with van der Waals surface area (Å²) in [5.74, 6) is 4.32. The summed E-state index contributed by atoms with van der Waals surface area (Å²) in [5.41, 5.74) is 1.60. The predicted octanol–water partition coefficient (Wildman–Crippen LogP) is 1.22. The van der Waals surface area contributed by atoms with E-state index in [1.807, 2.05) is 19.1 Å². The summed E-state index contributed by atoms with van der Waals surface area (Å²) in [7, 11) is 0. The van der Waals surface area contributed by atoms with Gasteiger partial charge in [0.1, 0.15) is 12.1 Å². The summed E-state index contributed by atoms with van der Waals surface area (Å²) in [4.78, 5) is 14.2. The van der Waals surface area contributed by atoms with Gasteiger partial charge in [0.15, 0.2) is 0 Å². The summed E-state index contributed by atoms with van der Waals surface area (Å²) in [6.45, 7) is 1.89. The van der Waals surface area contributed by atoms with Crippen molar-refractivity contribution >= 4 is 5.97 Å². The number of hydrogen-bond donors (Lipinski definition) is 1. The topological polar surface area (TPSA) is 50.2 Å². The molecule has 1 heterocycles. The lowest BCUT2D eigenvalue weighted by Gasteiger charge is -1.92. The summed E-state index contributed by atoms with van der Waals surface area (Å²) in [6, 6.07) is 3.70. The molecule has 3 nitrogen and oxygen atoms in total. The molecule has 3 heteroatoms. The number of carboxylic acid groups (broad SMARTS) is 1. The molecule has 13 heavy (non-hydrogen) atoms. The van der Waals surface area contributed by atoms with Gasteiger partial charge in [0, 0.05) is 6.20 Å². The third kappa shape index (κ3) is 2.96. The van der Waals surface area contributed by atoms with E-state index in [1.165, 1.54) is 0 Å². The molecule has 0 unspecified atom stereocenters.